The van der Waals surface area contributed by atoms with Crippen LogP contribution in [0.25, 0.3) is 0 Å². The van der Waals surface area contributed by atoms with Crippen LogP contribution in [0.2, 0.25) is 0 Å². The number of ether oxygens (including phenoxy) is 11. The first-order valence-electron chi connectivity index (χ1n) is 22.3. The van der Waals surface area contributed by atoms with Crippen molar-refractivity contribution >= 4 is 5.97 Å². The molecule has 0 unspecified atom stereocenters. The van der Waals surface area contributed by atoms with E-state index in [4.69, 9.17) is 52.1 Å². The van der Waals surface area contributed by atoms with Crippen LogP contribution in [0, 0.1) is 0 Å². The second-order valence-electron chi connectivity index (χ2n) is 14.0. The average molecular weight is 815 g/mol. The molecule has 12 nitrogen and oxygen atoms in total. The molecular weight excluding hydrogens is 732 g/mol. The lowest BCUT2D eigenvalue weighted by atomic mass is 10.0. The van der Waals surface area contributed by atoms with Crippen molar-refractivity contribution in [2.24, 2.45) is 0 Å². The number of unbranched alkanes of at least 4 members (excludes halogenated alkanes) is 14. The van der Waals surface area contributed by atoms with Crippen molar-refractivity contribution in [1.82, 2.24) is 0 Å². The van der Waals surface area contributed by atoms with Gasteiger partial charge in [0.15, 0.2) is 0 Å². The van der Waals surface area contributed by atoms with Crippen LogP contribution in [0.4, 0.5) is 0 Å². The maximum atomic E-state index is 11.9. The molecule has 0 N–H and O–H groups in total. The van der Waals surface area contributed by atoms with E-state index in [1.54, 1.807) is 0 Å². The van der Waals surface area contributed by atoms with E-state index in [0.29, 0.717) is 139 Å². The summed E-state index contributed by atoms with van der Waals surface area (Å²) in [6.45, 7) is 12.7. The van der Waals surface area contributed by atoms with E-state index in [9.17, 15) is 4.79 Å². The van der Waals surface area contributed by atoms with E-state index in [1.807, 2.05) is 30.3 Å². The molecular formula is C45H82O12. The summed E-state index contributed by atoms with van der Waals surface area (Å²) in [4.78, 5) is 11.9. The fourth-order valence-electron chi connectivity index (χ4n) is 5.67. The van der Waals surface area contributed by atoms with E-state index < -0.39 is 0 Å². The number of carbonyl (C=O) groups excluding carboxylic acids is 1. The topological polar surface area (TPSA) is 119 Å². The first-order chi connectivity index (χ1) is 28.3. The monoisotopic (exact) mass is 815 g/mol. The van der Waals surface area contributed by atoms with Crippen LogP contribution in [0.3, 0.4) is 0 Å². The molecule has 57 heavy (non-hydrogen) atoms. The Morgan fingerprint density at radius 1 is 0.351 bits per heavy atom. The normalized spacial score (nSPS) is 11.5. The van der Waals surface area contributed by atoms with Crippen LogP contribution < -0.4 is 0 Å². The van der Waals surface area contributed by atoms with Gasteiger partial charge in [-0.25, -0.2) is 0 Å². The van der Waals surface area contributed by atoms with Crippen LogP contribution in [-0.2, 0) is 63.5 Å². The molecule has 0 radical (unpaired) electrons. The molecule has 334 valence electrons. The zero-order valence-electron chi connectivity index (χ0n) is 35.9. The predicted octanol–water partition coefficient (Wildman–Crippen LogP) is 8.16. The number of rotatable bonds is 48. The van der Waals surface area contributed by atoms with Gasteiger partial charge < -0.3 is 52.1 Å². The zero-order chi connectivity index (χ0) is 40.6. The number of esters is 1. The lowest BCUT2D eigenvalue weighted by Gasteiger charge is -2.09. The Labute approximate surface area is 346 Å². The summed E-state index contributed by atoms with van der Waals surface area (Å²) in [5.74, 6) is -0.129. The molecule has 0 aliphatic rings. The van der Waals surface area contributed by atoms with Crippen LogP contribution in [-0.4, -0.2) is 138 Å². The van der Waals surface area contributed by atoms with Gasteiger partial charge in [-0.05, 0) is 12.0 Å². The highest BCUT2D eigenvalue weighted by Gasteiger charge is 2.03. The first kappa shape index (κ1) is 53.3. The highest BCUT2D eigenvalue weighted by atomic mass is 16.6. The fraction of sp³-hybridized carbons (Fsp3) is 0.844. The molecule has 0 aliphatic carbocycles. The minimum atomic E-state index is -0.129. The molecule has 0 bridgehead atoms. The predicted molar refractivity (Wildman–Crippen MR) is 224 cm³/mol. The third-order valence-electron chi connectivity index (χ3n) is 8.93. The van der Waals surface area contributed by atoms with Crippen LogP contribution in [0.5, 0.6) is 0 Å². The number of benzene rings is 1. The molecule has 1 aromatic rings. The standard InChI is InChI=1S/C45H82O12/c1-2-3-4-5-6-7-8-9-10-11-12-13-14-15-19-22-45(46)57-42-41-55-38-37-53-34-33-51-30-29-49-26-25-47-23-24-48-27-28-50-31-32-52-35-36-54-39-40-56-43-44-20-17-16-18-21-44/h16-18,20-21H,2-15,19,22-43H2,1H3. The summed E-state index contributed by atoms with van der Waals surface area (Å²) in [7, 11) is 0. The highest BCUT2D eigenvalue weighted by Crippen LogP contribution is 2.14. The Morgan fingerprint density at radius 2 is 0.632 bits per heavy atom. The molecule has 12 heteroatoms. The molecule has 0 aliphatic heterocycles. The van der Waals surface area contributed by atoms with Crippen LogP contribution in [0.1, 0.15) is 115 Å². The molecule has 0 heterocycles. The van der Waals surface area contributed by atoms with Gasteiger partial charge in [0.2, 0.25) is 0 Å². The van der Waals surface area contributed by atoms with Crippen molar-refractivity contribution in [3.8, 4) is 0 Å². The average Bonchev–Trinajstić information content (AvgIpc) is 3.23. The maximum absolute atomic E-state index is 11.9. The van der Waals surface area contributed by atoms with Gasteiger partial charge >= 0.3 is 5.97 Å². The lowest BCUT2D eigenvalue weighted by molar-refractivity contribution is -0.145. The number of hydrogen-bond donors (Lipinski definition) is 0. The minimum Gasteiger partial charge on any atom is -0.463 e. The van der Waals surface area contributed by atoms with E-state index in [1.165, 1.54) is 83.5 Å². The summed E-state index contributed by atoms with van der Waals surface area (Å²) in [6.07, 6.45) is 20.2. The van der Waals surface area contributed by atoms with Crippen molar-refractivity contribution in [2.45, 2.75) is 116 Å². The Kier molecular flexibility index (Phi) is 43.9. The van der Waals surface area contributed by atoms with Crippen molar-refractivity contribution in [3.63, 3.8) is 0 Å². The van der Waals surface area contributed by atoms with Crippen molar-refractivity contribution in [1.29, 1.82) is 0 Å². The lowest BCUT2D eigenvalue weighted by Crippen LogP contribution is -2.15. The highest BCUT2D eigenvalue weighted by molar-refractivity contribution is 5.69. The Bertz CT molecular complexity index is 910. The van der Waals surface area contributed by atoms with E-state index in [2.05, 4.69) is 6.92 Å². The summed E-state index contributed by atoms with van der Waals surface area (Å²) in [5.41, 5.74) is 1.16. The molecule has 1 aromatic carbocycles. The third kappa shape index (κ3) is 43.7. The van der Waals surface area contributed by atoms with Gasteiger partial charge in [-0.1, -0.05) is 127 Å². The van der Waals surface area contributed by atoms with Crippen molar-refractivity contribution < 1.29 is 56.9 Å². The van der Waals surface area contributed by atoms with E-state index in [-0.39, 0.29) is 12.6 Å². The van der Waals surface area contributed by atoms with Gasteiger partial charge in [-0.3, -0.25) is 4.79 Å². The molecule has 0 amide bonds. The van der Waals surface area contributed by atoms with E-state index >= 15 is 0 Å². The first-order valence-corrected chi connectivity index (χ1v) is 22.3. The van der Waals surface area contributed by atoms with Gasteiger partial charge in [0.05, 0.1) is 132 Å². The van der Waals surface area contributed by atoms with Crippen LogP contribution in [0.15, 0.2) is 30.3 Å². The van der Waals surface area contributed by atoms with Crippen molar-refractivity contribution in [2.75, 3.05) is 132 Å². The van der Waals surface area contributed by atoms with Gasteiger partial charge in [-0.15, -0.1) is 0 Å². The minimum absolute atomic E-state index is 0.129. The summed E-state index contributed by atoms with van der Waals surface area (Å²) in [6, 6.07) is 10.1. The van der Waals surface area contributed by atoms with Gasteiger partial charge in [0.1, 0.15) is 6.61 Å². The van der Waals surface area contributed by atoms with Gasteiger partial charge in [0, 0.05) is 6.42 Å². The number of hydrogen-bond acceptors (Lipinski definition) is 12. The molecule has 0 aromatic heterocycles. The van der Waals surface area contributed by atoms with Gasteiger partial charge in [0.25, 0.3) is 0 Å². The van der Waals surface area contributed by atoms with Gasteiger partial charge in [-0.2, -0.15) is 0 Å². The smallest absolute Gasteiger partial charge is 0.305 e. The molecule has 1 rings (SSSR count). The third-order valence-corrected chi connectivity index (χ3v) is 8.93. The summed E-state index contributed by atoms with van der Waals surface area (Å²) >= 11 is 0. The molecule has 0 atom stereocenters. The Morgan fingerprint density at radius 3 is 0.965 bits per heavy atom. The van der Waals surface area contributed by atoms with Crippen molar-refractivity contribution in [3.05, 3.63) is 35.9 Å². The Hall–Kier alpha value is -1.71. The zero-order valence-corrected chi connectivity index (χ0v) is 35.9. The fourth-order valence-corrected chi connectivity index (χ4v) is 5.67. The largest absolute Gasteiger partial charge is 0.463 e. The second-order valence-corrected chi connectivity index (χ2v) is 14.0. The maximum Gasteiger partial charge on any atom is 0.305 e. The Balaban J connectivity index is 1.63. The van der Waals surface area contributed by atoms with E-state index in [0.717, 1.165) is 18.4 Å². The molecule has 0 fully saturated rings. The summed E-state index contributed by atoms with van der Waals surface area (Å²) in [5, 5.41) is 0. The molecule has 0 saturated carbocycles. The second kappa shape index (κ2) is 47.0. The summed E-state index contributed by atoms with van der Waals surface area (Å²) < 4.78 is 60.4. The molecule has 0 saturated heterocycles. The SMILES string of the molecule is CCCCCCCCCCCCCCCCCC(=O)OCCOCCOCCOCCOCCOCCOCCOCCOCCOCCOCc1ccccc1. The van der Waals surface area contributed by atoms with Crippen LogP contribution >= 0.6 is 0 Å². The molecule has 0 spiro atoms. The number of carbonyl (C=O) groups is 1. The quantitative estimate of drug-likeness (QED) is 0.0467.